The topological polar surface area (TPSA) is 44.4 Å². The van der Waals surface area contributed by atoms with Crippen LogP contribution in [-0.4, -0.2) is 26.5 Å². The second kappa shape index (κ2) is 6.99. The molecular formula is C16H18ClN3O. The summed E-state index contributed by atoms with van der Waals surface area (Å²) in [4.78, 5) is 13.9. The molecule has 0 heterocycles. The highest BCUT2D eigenvalue weighted by Gasteiger charge is 2.03. The van der Waals surface area contributed by atoms with Gasteiger partial charge in [-0.3, -0.25) is 4.79 Å². The van der Waals surface area contributed by atoms with E-state index >= 15 is 0 Å². The van der Waals surface area contributed by atoms with E-state index in [4.69, 9.17) is 11.6 Å². The first-order chi connectivity index (χ1) is 10.0. The Kier molecular flexibility index (Phi) is 5.06. The molecule has 0 atom stereocenters. The van der Waals surface area contributed by atoms with Gasteiger partial charge in [0.2, 0.25) is 5.91 Å². The maximum absolute atomic E-state index is 11.9. The van der Waals surface area contributed by atoms with Crippen LogP contribution in [-0.2, 0) is 4.79 Å². The fourth-order valence-corrected chi connectivity index (χ4v) is 1.94. The van der Waals surface area contributed by atoms with Crippen LogP contribution in [0.4, 0.5) is 17.1 Å². The number of nitrogens with zero attached hydrogens (tertiary/aromatic N) is 1. The lowest BCUT2D eigenvalue weighted by Crippen LogP contribution is -2.21. The summed E-state index contributed by atoms with van der Waals surface area (Å²) in [5, 5.41) is 6.56. The van der Waals surface area contributed by atoms with Crippen LogP contribution in [0.2, 0.25) is 5.02 Å². The number of amides is 1. The molecule has 21 heavy (non-hydrogen) atoms. The van der Waals surface area contributed by atoms with Crippen molar-refractivity contribution >= 4 is 34.6 Å². The number of anilines is 3. The van der Waals surface area contributed by atoms with E-state index in [-0.39, 0.29) is 12.5 Å². The van der Waals surface area contributed by atoms with Crippen molar-refractivity contribution in [3.63, 3.8) is 0 Å². The van der Waals surface area contributed by atoms with E-state index in [1.807, 2.05) is 43.3 Å². The molecule has 2 rings (SSSR count). The molecule has 0 aliphatic carbocycles. The highest BCUT2D eigenvalue weighted by Crippen LogP contribution is 2.17. The van der Waals surface area contributed by atoms with Crippen LogP contribution >= 0.6 is 11.6 Å². The zero-order valence-electron chi connectivity index (χ0n) is 12.1. The highest BCUT2D eigenvalue weighted by molar-refractivity contribution is 6.30. The highest BCUT2D eigenvalue weighted by atomic mass is 35.5. The van der Waals surface area contributed by atoms with Crippen LogP contribution in [0.25, 0.3) is 0 Å². The molecular weight excluding hydrogens is 286 g/mol. The van der Waals surface area contributed by atoms with Crippen LogP contribution in [0.5, 0.6) is 0 Å². The molecule has 0 saturated heterocycles. The number of carbonyl (C=O) groups excluding carboxylic acids is 1. The van der Waals surface area contributed by atoms with Gasteiger partial charge in [-0.05, 0) is 42.5 Å². The van der Waals surface area contributed by atoms with E-state index in [2.05, 4.69) is 10.6 Å². The summed E-state index contributed by atoms with van der Waals surface area (Å²) in [7, 11) is 3.96. The third kappa shape index (κ3) is 4.68. The van der Waals surface area contributed by atoms with Crippen molar-refractivity contribution in [3.8, 4) is 0 Å². The Balaban J connectivity index is 1.89. The quantitative estimate of drug-likeness (QED) is 0.889. The molecule has 0 bridgehead atoms. The Hall–Kier alpha value is -2.20. The molecule has 0 fully saturated rings. The van der Waals surface area contributed by atoms with Gasteiger partial charge < -0.3 is 15.5 Å². The Morgan fingerprint density at radius 2 is 1.81 bits per heavy atom. The van der Waals surface area contributed by atoms with Gasteiger partial charge in [0.05, 0.1) is 6.54 Å². The van der Waals surface area contributed by atoms with E-state index in [9.17, 15) is 4.79 Å². The smallest absolute Gasteiger partial charge is 0.243 e. The number of nitrogens with one attached hydrogen (secondary N) is 2. The van der Waals surface area contributed by atoms with E-state index in [1.54, 1.807) is 24.3 Å². The van der Waals surface area contributed by atoms with E-state index in [1.165, 1.54) is 0 Å². The van der Waals surface area contributed by atoms with Crippen LogP contribution in [0.3, 0.4) is 0 Å². The number of benzene rings is 2. The lowest BCUT2D eigenvalue weighted by molar-refractivity contribution is -0.114. The number of rotatable bonds is 5. The van der Waals surface area contributed by atoms with Gasteiger partial charge in [0.25, 0.3) is 0 Å². The zero-order valence-corrected chi connectivity index (χ0v) is 12.8. The molecule has 0 aliphatic rings. The van der Waals surface area contributed by atoms with Crippen molar-refractivity contribution < 1.29 is 4.79 Å². The van der Waals surface area contributed by atoms with Crippen molar-refractivity contribution in [2.45, 2.75) is 0 Å². The standard InChI is InChI=1S/C16H18ClN3O/c1-20(2)15-5-3-4-14(10-15)18-11-16(21)19-13-8-6-12(17)7-9-13/h3-10,18H,11H2,1-2H3,(H,19,21). The first-order valence-corrected chi connectivity index (χ1v) is 6.99. The van der Waals surface area contributed by atoms with Crippen molar-refractivity contribution in [2.24, 2.45) is 0 Å². The van der Waals surface area contributed by atoms with E-state index in [0.717, 1.165) is 17.1 Å². The summed E-state index contributed by atoms with van der Waals surface area (Å²) in [6, 6.07) is 14.9. The lowest BCUT2D eigenvalue weighted by atomic mass is 10.2. The predicted octanol–water partition coefficient (Wildman–Crippen LogP) is 3.46. The Labute approximate surface area is 129 Å². The van der Waals surface area contributed by atoms with Gasteiger partial charge in [0.15, 0.2) is 0 Å². The molecule has 5 heteroatoms. The van der Waals surface area contributed by atoms with Crippen LogP contribution in [0, 0.1) is 0 Å². The van der Waals surface area contributed by atoms with Crippen molar-refractivity contribution in [1.82, 2.24) is 0 Å². The monoisotopic (exact) mass is 303 g/mol. The molecule has 1 amide bonds. The fraction of sp³-hybridized carbons (Fsp3) is 0.188. The second-order valence-corrected chi connectivity index (χ2v) is 5.29. The third-order valence-corrected chi connectivity index (χ3v) is 3.20. The summed E-state index contributed by atoms with van der Waals surface area (Å²) < 4.78 is 0. The normalized spacial score (nSPS) is 10.0. The molecule has 110 valence electrons. The largest absolute Gasteiger partial charge is 0.378 e. The summed E-state index contributed by atoms with van der Waals surface area (Å²) in [6.07, 6.45) is 0. The maximum Gasteiger partial charge on any atom is 0.243 e. The van der Waals surface area contributed by atoms with Crippen LogP contribution < -0.4 is 15.5 Å². The van der Waals surface area contributed by atoms with Gasteiger partial charge in [-0.25, -0.2) is 0 Å². The van der Waals surface area contributed by atoms with E-state index in [0.29, 0.717) is 5.02 Å². The second-order valence-electron chi connectivity index (χ2n) is 4.85. The van der Waals surface area contributed by atoms with E-state index < -0.39 is 0 Å². The van der Waals surface area contributed by atoms with Crippen LogP contribution in [0.15, 0.2) is 48.5 Å². The maximum atomic E-state index is 11.9. The molecule has 0 unspecified atom stereocenters. The van der Waals surface area contributed by atoms with Crippen molar-refractivity contribution in [1.29, 1.82) is 0 Å². The number of hydrogen-bond donors (Lipinski definition) is 2. The summed E-state index contributed by atoms with van der Waals surface area (Å²) in [6.45, 7) is 0.208. The third-order valence-electron chi connectivity index (χ3n) is 2.94. The van der Waals surface area contributed by atoms with Gasteiger partial charge in [-0.2, -0.15) is 0 Å². The number of carbonyl (C=O) groups is 1. The van der Waals surface area contributed by atoms with Gasteiger partial charge in [-0.15, -0.1) is 0 Å². The molecule has 0 saturated carbocycles. The molecule has 0 aromatic heterocycles. The molecule has 4 nitrogen and oxygen atoms in total. The first kappa shape index (κ1) is 15.2. The SMILES string of the molecule is CN(C)c1cccc(NCC(=O)Nc2ccc(Cl)cc2)c1. The minimum absolute atomic E-state index is 0.104. The predicted molar refractivity (Wildman–Crippen MR) is 89.3 cm³/mol. The first-order valence-electron chi connectivity index (χ1n) is 6.61. The lowest BCUT2D eigenvalue weighted by Gasteiger charge is -2.14. The average molecular weight is 304 g/mol. The van der Waals surface area contributed by atoms with Crippen molar-refractivity contribution in [2.75, 3.05) is 36.2 Å². The average Bonchev–Trinajstić information content (AvgIpc) is 2.48. The number of hydrogen-bond acceptors (Lipinski definition) is 3. The van der Waals surface area contributed by atoms with Crippen LogP contribution in [0.1, 0.15) is 0 Å². The molecule has 2 N–H and O–H groups in total. The minimum Gasteiger partial charge on any atom is -0.378 e. The van der Waals surface area contributed by atoms with Gasteiger partial charge in [-0.1, -0.05) is 17.7 Å². The molecule has 0 aliphatic heterocycles. The Bertz CT molecular complexity index is 611. The Morgan fingerprint density at radius 3 is 2.48 bits per heavy atom. The fourth-order valence-electron chi connectivity index (χ4n) is 1.81. The van der Waals surface area contributed by atoms with Gasteiger partial charge >= 0.3 is 0 Å². The molecule has 2 aromatic carbocycles. The molecule has 2 aromatic rings. The number of halogens is 1. The minimum atomic E-state index is -0.104. The van der Waals surface area contributed by atoms with Gasteiger partial charge in [0.1, 0.15) is 0 Å². The summed E-state index contributed by atoms with van der Waals surface area (Å²) >= 11 is 5.80. The Morgan fingerprint density at radius 1 is 1.10 bits per heavy atom. The summed E-state index contributed by atoms with van der Waals surface area (Å²) in [5.74, 6) is -0.104. The summed E-state index contributed by atoms with van der Waals surface area (Å²) in [5.41, 5.74) is 2.72. The molecule has 0 radical (unpaired) electrons. The zero-order chi connectivity index (χ0) is 15.2. The molecule has 0 spiro atoms. The van der Waals surface area contributed by atoms with Crippen molar-refractivity contribution in [3.05, 3.63) is 53.6 Å². The van der Waals surface area contributed by atoms with Gasteiger partial charge in [0, 0.05) is 36.2 Å².